The van der Waals surface area contributed by atoms with Gasteiger partial charge >= 0.3 is 0 Å². The number of methoxy groups -OCH3 is 1. The highest BCUT2D eigenvalue weighted by Gasteiger charge is 2.23. The minimum absolute atomic E-state index is 0.0778. The van der Waals surface area contributed by atoms with Gasteiger partial charge in [0.1, 0.15) is 5.75 Å². The van der Waals surface area contributed by atoms with Gasteiger partial charge in [0.2, 0.25) is 17.7 Å². The summed E-state index contributed by atoms with van der Waals surface area (Å²) in [5, 5.41) is 6.66. The van der Waals surface area contributed by atoms with Crippen LogP contribution in [0, 0.1) is 6.92 Å². The first kappa shape index (κ1) is 19.2. The minimum Gasteiger partial charge on any atom is -0.495 e. The number of rotatable bonds is 7. The summed E-state index contributed by atoms with van der Waals surface area (Å²) in [6.07, 6.45) is 2.40. The van der Waals surface area contributed by atoms with Crippen LogP contribution in [0.2, 0.25) is 0 Å². The average Bonchev–Trinajstić information content (AvgIpc) is 3.07. The van der Waals surface area contributed by atoms with Crippen molar-refractivity contribution < 1.29 is 18.8 Å². The van der Waals surface area contributed by atoms with Crippen molar-refractivity contribution in [1.29, 1.82) is 0 Å². The van der Waals surface area contributed by atoms with Gasteiger partial charge in [-0.05, 0) is 31.0 Å². The molecule has 1 N–H and O–H groups in total. The zero-order valence-corrected chi connectivity index (χ0v) is 16.2. The van der Waals surface area contributed by atoms with Crippen LogP contribution in [0.25, 0.3) is 0 Å². The van der Waals surface area contributed by atoms with Crippen molar-refractivity contribution in [2.24, 2.45) is 0 Å². The van der Waals surface area contributed by atoms with Gasteiger partial charge in [-0.25, -0.2) is 0 Å². The molecular weight excluding hydrogens is 368 g/mol. The van der Waals surface area contributed by atoms with Crippen molar-refractivity contribution in [1.82, 2.24) is 10.1 Å². The van der Waals surface area contributed by atoms with Gasteiger partial charge in [-0.15, -0.1) is 11.8 Å². The number of aromatic nitrogens is 2. The monoisotopic (exact) mass is 390 g/mol. The molecular formula is C18H22N4O4S. The summed E-state index contributed by atoms with van der Waals surface area (Å²) in [5.41, 5.74) is 1.32. The second-order valence-electron chi connectivity index (χ2n) is 6.16. The van der Waals surface area contributed by atoms with Crippen LogP contribution < -0.4 is 15.0 Å². The Morgan fingerprint density at radius 2 is 2.26 bits per heavy atom. The average molecular weight is 390 g/mol. The van der Waals surface area contributed by atoms with Gasteiger partial charge < -0.3 is 19.5 Å². The van der Waals surface area contributed by atoms with E-state index < -0.39 is 0 Å². The Morgan fingerprint density at radius 1 is 1.41 bits per heavy atom. The van der Waals surface area contributed by atoms with Crippen LogP contribution >= 0.6 is 11.8 Å². The summed E-state index contributed by atoms with van der Waals surface area (Å²) in [5.74, 6) is 2.40. The SMILES string of the molecule is COc1ccc(NC(=O)CSCc2noc(C)n2)cc1N1CCCCC1=O. The predicted octanol–water partition coefficient (Wildman–Crippen LogP) is 2.78. The number of piperidine rings is 1. The molecule has 1 aliphatic rings. The first-order chi connectivity index (χ1) is 13.1. The molecule has 144 valence electrons. The maximum Gasteiger partial charge on any atom is 0.234 e. The summed E-state index contributed by atoms with van der Waals surface area (Å²) in [6.45, 7) is 2.38. The van der Waals surface area contributed by atoms with Gasteiger partial charge in [-0.3, -0.25) is 9.59 Å². The van der Waals surface area contributed by atoms with E-state index in [0.717, 1.165) is 12.8 Å². The van der Waals surface area contributed by atoms with Crippen LogP contribution in [0.3, 0.4) is 0 Å². The fourth-order valence-electron chi connectivity index (χ4n) is 2.87. The molecule has 0 aliphatic carbocycles. The number of benzene rings is 1. The molecule has 1 aromatic carbocycles. The first-order valence-corrected chi connectivity index (χ1v) is 9.87. The molecule has 3 rings (SSSR count). The van der Waals surface area contributed by atoms with Gasteiger partial charge in [0.25, 0.3) is 0 Å². The molecule has 1 aromatic heterocycles. The maximum atomic E-state index is 12.2. The van der Waals surface area contributed by atoms with Gasteiger partial charge in [0.05, 0.1) is 24.3 Å². The van der Waals surface area contributed by atoms with Crippen LogP contribution in [0.5, 0.6) is 5.75 Å². The van der Waals surface area contributed by atoms with Crippen LogP contribution in [0.4, 0.5) is 11.4 Å². The van der Waals surface area contributed by atoms with E-state index in [2.05, 4.69) is 15.5 Å². The Bertz CT molecular complexity index is 823. The molecule has 2 aromatic rings. The number of amides is 2. The van der Waals surface area contributed by atoms with Crippen molar-refractivity contribution in [2.45, 2.75) is 31.9 Å². The standard InChI is InChI=1S/C18H22N4O4S/c1-12-19-16(21-26-12)10-27-11-17(23)20-13-6-7-15(25-2)14(9-13)22-8-4-3-5-18(22)24/h6-7,9H,3-5,8,10-11H2,1-2H3,(H,20,23). The van der Waals surface area contributed by atoms with E-state index in [0.29, 0.717) is 47.6 Å². The van der Waals surface area contributed by atoms with Crippen molar-refractivity contribution in [3.05, 3.63) is 29.9 Å². The Hall–Kier alpha value is -2.55. The predicted molar refractivity (Wildman–Crippen MR) is 103 cm³/mol. The third-order valence-electron chi connectivity index (χ3n) is 4.11. The lowest BCUT2D eigenvalue weighted by atomic mass is 10.1. The topological polar surface area (TPSA) is 97.6 Å². The zero-order chi connectivity index (χ0) is 19.2. The minimum atomic E-state index is -0.138. The molecule has 0 atom stereocenters. The van der Waals surface area contributed by atoms with Crippen molar-refractivity contribution in [3.63, 3.8) is 0 Å². The molecule has 0 saturated carbocycles. The number of anilines is 2. The summed E-state index contributed by atoms with van der Waals surface area (Å²) < 4.78 is 10.3. The number of carbonyl (C=O) groups is 2. The third-order valence-corrected chi connectivity index (χ3v) is 5.04. The second-order valence-corrected chi connectivity index (χ2v) is 7.15. The van der Waals surface area contributed by atoms with Gasteiger partial charge in [0.15, 0.2) is 5.82 Å². The highest BCUT2D eigenvalue weighted by Crippen LogP contribution is 2.33. The van der Waals surface area contributed by atoms with Crippen LogP contribution in [0.1, 0.15) is 31.0 Å². The Morgan fingerprint density at radius 3 is 2.96 bits per heavy atom. The van der Waals surface area contributed by atoms with Crippen molar-refractivity contribution in [3.8, 4) is 5.75 Å². The number of thioether (sulfide) groups is 1. The quantitative estimate of drug-likeness (QED) is 0.776. The number of ether oxygens (including phenoxy) is 1. The first-order valence-electron chi connectivity index (χ1n) is 8.72. The smallest absolute Gasteiger partial charge is 0.234 e. The normalized spacial score (nSPS) is 14.3. The van der Waals surface area contributed by atoms with Crippen molar-refractivity contribution >= 4 is 35.0 Å². The maximum absolute atomic E-state index is 12.2. The fourth-order valence-corrected chi connectivity index (χ4v) is 3.53. The molecule has 0 unspecified atom stereocenters. The Kier molecular flexibility index (Phi) is 6.33. The van der Waals surface area contributed by atoms with E-state index in [9.17, 15) is 9.59 Å². The lowest BCUT2D eigenvalue weighted by molar-refractivity contribution is -0.119. The number of hydrogen-bond donors (Lipinski definition) is 1. The highest BCUT2D eigenvalue weighted by molar-refractivity contribution is 7.99. The molecule has 0 bridgehead atoms. The molecule has 0 radical (unpaired) electrons. The molecule has 1 saturated heterocycles. The van der Waals surface area contributed by atoms with E-state index in [-0.39, 0.29) is 17.6 Å². The lowest BCUT2D eigenvalue weighted by Gasteiger charge is -2.28. The van der Waals surface area contributed by atoms with Crippen LogP contribution in [-0.4, -0.2) is 41.4 Å². The van der Waals surface area contributed by atoms with E-state index in [1.165, 1.54) is 11.8 Å². The number of hydrogen-bond acceptors (Lipinski definition) is 7. The van der Waals surface area contributed by atoms with Crippen molar-refractivity contribution in [2.75, 3.05) is 29.6 Å². The second kappa shape index (κ2) is 8.90. The largest absolute Gasteiger partial charge is 0.495 e. The lowest BCUT2D eigenvalue weighted by Crippen LogP contribution is -2.35. The molecule has 2 heterocycles. The fraction of sp³-hybridized carbons (Fsp3) is 0.444. The highest BCUT2D eigenvalue weighted by atomic mass is 32.2. The molecule has 1 fully saturated rings. The van der Waals surface area contributed by atoms with Crippen LogP contribution in [-0.2, 0) is 15.3 Å². The molecule has 0 spiro atoms. The molecule has 8 nitrogen and oxygen atoms in total. The summed E-state index contributed by atoms with van der Waals surface area (Å²) in [7, 11) is 1.57. The van der Waals surface area contributed by atoms with E-state index in [4.69, 9.17) is 9.26 Å². The van der Waals surface area contributed by atoms with Gasteiger partial charge in [0, 0.05) is 25.6 Å². The number of carbonyl (C=O) groups excluding carboxylic acids is 2. The summed E-state index contributed by atoms with van der Waals surface area (Å²) >= 11 is 1.40. The molecule has 1 aliphatic heterocycles. The Labute approximate surface area is 161 Å². The van der Waals surface area contributed by atoms with Crippen LogP contribution in [0.15, 0.2) is 22.7 Å². The van der Waals surface area contributed by atoms with Gasteiger partial charge in [-0.1, -0.05) is 5.16 Å². The number of nitrogens with one attached hydrogen (secondary N) is 1. The Balaban J connectivity index is 1.61. The van der Waals surface area contributed by atoms with Gasteiger partial charge in [-0.2, -0.15) is 4.98 Å². The molecule has 9 heteroatoms. The van der Waals surface area contributed by atoms with E-state index in [1.54, 1.807) is 37.1 Å². The number of nitrogens with zero attached hydrogens (tertiary/aromatic N) is 3. The number of aryl methyl sites for hydroxylation is 1. The van der Waals surface area contributed by atoms with E-state index >= 15 is 0 Å². The third kappa shape index (κ3) is 5.00. The molecule has 27 heavy (non-hydrogen) atoms. The molecule has 2 amide bonds. The van der Waals surface area contributed by atoms with E-state index in [1.807, 2.05) is 0 Å². The summed E-state index contributed by atoms with van der Waals surface area (Å²) in [6, 6.07) is 5.32. The summed E-state index contributed by atoms with van der Waals surface area (Å²) in [4.78, 5) is 30.3. The zero-order valence-electron chi connectivity index (χ0n) is 15.4.